The van der Waals surface area contributed by atoms with Crippen LogP contribution in [-0.4, -0.2) is 39.0 Å². The van der Waals surface area contributed by atoms with Crippen molar-refractivity contribution in [3.8, 4) is 5.88 Å². The molecule has 0 N–H and O–H groups in total. The summed E-state index contributed by atoms with van der Waals surface area (Å²) < 4.78 is 59.6. The van der Waals surface area contributed by atoms with Gasteiger partial charge in [-0.05, 0) is 28.2 Å². The number of alkyl halides is 2. The highest BCUT2D eigenvalue weighted by Gasteiger charge is 2.28. The molecule has 0 spiro atoms. The molecule has 0 saturated carbocycles. The molecule has 0 fully saturated rings. The van der Waals surface area contributed by atoms with Crippen molar-refractivity contribution in [2.24, 2.45) is 7.05 Å². The molecule has 152 valence electrons. The lowest BCUT2D eigenvalue weighted by molar-refractivity contribution is 0.0613. The first kappa shape index (κ1) is 19.9. The highest BCUT2D eigenvalue weighted by atomic mass is 127. The Morgan fingerprint density at radius 1 is 1.17 bits per heavy atom. The predicted molar refractivity (Wildman–Crippen MR) is 110 cm³/mol. The molecule has 29 heavy (non-hydrogen) atoms. The van der Waals surface area contributed by atoms with Crippen LogP contribution in [0.25, 0.3) is 22.1 Å². The third kappa shape index (κ3) is 3.43. The van der Waals surface area contributed by atoms with Crippen molar-refractivity contribution >= 4 is 54.5 Å². The Labute approximate surface area is 177 Å². The van der Waals surface area contributed by atoms with Crippen molar-refractivity contribution < 1.29 is 21.9 Å². The minimum absolute atomic E-state index is 0.0758. The molecule has 4 rings (SSSR count). The second kappa shape index (κ2) is 7.16. The lowest BCUT2D eigenvalue weighted by Crippen LogP contribution is -2.09. The van der Waals surface area contributed by atoms with E-state index in [1.807, 2.05) is 52.9 Å². The maximum Gasteiger partial charge on any atom is 0.333 e. The zero-order valence-electron chi connectivity index (χ0n) is 15.2. The number of benzene rings is 1. The van der Waals surface area contributed by atoms with Gasteiger partial charge in [0.2, 0.25) is 15.7 Å². The largest absolute Gasteiger partial charge is 0.472 e. The normalized spacial score (nSPS) is 12.3. The average molecular weight is 533 g/mol. The zero-order valence-corrected chi connectivity index (χ0v) is 18.1. The summed E-state index contributed by atoms with van der Waals surface area (Å²) in [6.45, 7) is -2.82. The molecule has 3 heterocycles. The third-order valence-corrected chi connectivity index (χ3v) is 5.88. The van der Waals surface area contributed by atoms with Gasteiger partial charge < -0.3 is 9.30 Å². The topological polar surface area (TPSA) is 91.9 Å². The number of fused-ring (bicyclic) bond motifs is 3. The van der Waals surface area contributed by atoms with Crippen LogP contribution >= 0.6 is 22.6 Å². The number of sulfone groups is 1. The Kier molecular flexibility index (Phi) is 4.93. The lowest BCUT2D eigenvalue weighted by Gasteiger charge is -2.09. The number of hydrogen-bond donors (Lipinski definition) is 0. The van der Waals surface area contributed by atoms with Gasteiger partial charge in [0.15, 0.2) is 5.65 Å². The Hall–Kier alpha value is -2.35. The van der Waals surface area contributed by atoms with Gasteiger partial charge in [-0.25, -0.2) is 13.1 Å². The number of aromatic nitrogens is 5. The van der Waals surface area contributed by atoms with Crippen molar-refractivity contribution in [2.75, 3.05) is 6.26 Å². The molecule has 0 unspecified atom stereocenters. The van der Waals surface area contributed by atoms with Crippen molar-refractivity contribution in [1.29, 1.82) is 0 Å². The second-order valence-corrected chi connectivity index (χ2v) is 9.26. The number of ether oxygens (including phenoxy) is 1. The van der Waals surface area contributed by atoms with Crippen LogP contribution in [0.5, 0.6) is 5.88 Å². The molecule has 0 atom stereocenters. The van der Waals surface area contributed by atoms with Crippen LogP contribution in [0.3, 0.4) is 0 Å². The average Bonchev–Trinajstić information content (AvgIpc) is 3.16. The SMILES string of the molecule is Cn1c2nc(S(C)(=O)=O)nc(OCc3ccccc3)c2c2c1c(I)nn2C(F)F. The first-order valence-corrected chi connectivity index (χ1v) is 11.2. The van der Waals surface area contributed by atoms with Crippen molar-refractivity contribution in [3.05, 3.63) is 39.6 Å². The smallest absolute Gasteiger partial charge is 0.333 e. The van der Waals surface area contributed by atoms with E-state index < -0.39 is 21.5 Å². The minimum Gasteiger partial charge on any atom is -0.472 e. The monoisotopic (exact) mass is 533 g/mol. The number of nitrogens with zero attached hydrogens (tertiary/aromatic N) is 5. The third-order valence-electron chi connectivity index (χ3n) is 4.31. The standard InChI is InChI=1S/C17H14F2IN5O3S/c1-24-12-11(25(16(18)19)23-13(12)20)10-14(24)21-17(29(2,26)27)22-15(10)28-8-9-6-4-3-5-7-9/h3-7,16H,8H2,1-2H3. The van der Waals surface area contributed by atoms with Crippen LogP contribution in [-0.2, 0) is 23.5 Å². The van der Waals surface area contributed by atoms with Crippen molar-refractivity contribution in [2.45, 2.75) is 18.3 Å². The first-order valence-electron chi connectivity index (χ1n) is 8.27. The van der Waals surface area contributed by atoms with E-state index in [1.165, 1.54) is 4.57 Å². The predicted octanol–water partition coefficient (Wildman–Crippen LogP) is 3.30. The number of rotatable bonds is 5. The zero-order chi connectivity index (χ0) is 20.9. The highest BCUT2D eigenvalue weighted by molar-refractivity contribution is 14.1. The van der Waals surface area contributed by atoms with Crippen LogP contribution < -0.4 is 4.74 Å². The fraction of sp³-hybridized carbons (Fsp3) is 0.235. The number of halogens is 3. The van der Waals surface area contributed by atoms with Crippen LogP contribution in [0.4, 0.5) is 8.78 Å². The van der Waals surface area contributed by atoms with Gasteiger partial charge in [-0.15, -0.1) is 0 Å². The van der Waals surface area contributed by atoms with E-state index in [4.69, 9.17) is 4.74 Å². The van der Waals surface area contributed by atoms with E-state index in [0.717, 1.165) is 11.8 Å². The Bertz CT molecular complexity index is 1340. The van der Waals surface area contributed by atoms with Gasteiger partial charge in [-0.2, -0.15) is 23.8 Å². The second-order valence-electron chi connectivity index (χ2n) is 6.33. The Morgan fingerprint density at radius 3 is 2.48 bits per heavy atom. The maximum atomic E-state index is 13.6. The van der Waals surface area contributed by atoms with Crippen LogP contribution in [0.1, 0.15) is 12.1 Å². The Balaban J connectivity index is 2.02. The summed E-state index contributed by atoms with van der Waals surface area (Å²) in [7, 11) is -2.16. The first-order chi connectivity index (χ1) is 13.7. The molecule has 0 saturated heterocycles. The molecule has 3 aromatic heterocycles. The van der Waals surface area contributed by atoms with Gasteiger partial charge in [0.1, 0.15) is 26.7 Å². The van der Waals surface area contributed by atoms with Gasteiger partial charge in [0.05, 0.1) is 0 Å². The minimum atomic E-state index is -3.76. The summed E-state index contributed by atoms with van der Waals surface area (Å²) in [5.41, 5.74) is 1.46. The molecule has 12 heteroatoms. The highest BCUT2D eigenvalue weighted by Crippen LogP contribution is 2.37. The molecule has 0 aliphatic heterocycles. The molecule has 0 aliphatic carbocycles. The molecule has 0 radical (unpaired) electrons. The summed E-state index contributed by atoms with van der Waals surface area (Å²) in [6, 6.07) is 9.14. The fourth-order valence-electron chi connectivity index (χ4n) is 3.03. The van der Waals surface area contributed by atoms with Crippen LogP contribution in [0.15, 0.2) is 35.5 Å². The number of hydrogen-bond acceptors (Lipinski definition) is 6. The van der Waals surface area contributed by atoms with Gasteiger partial charge in [-0.3, -0.25) is 0 Å². The summed E-state index contributed by atoms with van der Waals surface area (Å²) in [5, 5.41) is 3.63. The van der Waals surface area contributed by atoms with Crippen molar-refractivity contribution in [3.63, 3.8) is 0 Å². The van der Waals surface area contributed by atoms with E-state index >= 15 is 0 Å². The van der Waals surface area contributed by atoms with Crippen LogP contribution in [0.2, 0.25) is 0 Å². The molecular weight excluding hydrogens is 519 g/mol. The molecule has 0 amide bonds. The lowest BCUT2D eigenvalue weighted by atomic mass is 10.2. The van der Waals surface area contributed by atoms with E-state index in [1.54, 1.807) is 7.05 Å². The molecule has 8 nitrogen and oxygen atoms in total. The van der Waals surface area contributed by atoms with E-state index in [9.17, 15) is 17.2 Å². The summed E-state index contributed by atoms with van der Waals surface area (Å²) >= 11 is 1.85. The summed E-state index contributed by atoms with van der Waals surface area (Å²) in [6.07, 6.45) is 0.975. The molecular formula is C17H14F2IN5O3S. The Morgan fingerprint density at radius 2 is 1.86 bits per heavy atom. The van der Waals surface area contributed by atoms with Gasteiger partial charge in [0, 0.05) is 13.3 Å². The van der Waals surface area contributed by atoms with Crippen molar-refractivity contribution in [1.82, 2.24) is 24.3 Å². The van der Waals surface area contributed by atoms with E-state index in [-0.39, 0.29) is 29.0 Å². The molecule has 0 aliphatic rings. The molecule has 0 bridgehead atoms. The van der Waals surface area contributed by atoms with Crippen LogP contribution in [0, 0.1) is 3.70 Å². The van der Waals surface area contributed by atoms with E-state index in [0.29, 0.717) is 13.9 Å². The summed E-state index contributed by atoms with van der Waals surface area (Å²) in [5.74, 6) is -0.0944. The number of aryl methyl sites for hydroxylation is 1. The maximum absolute atomic E-state index is 13.6. The van der Waals surface area contributed by atoms with Gasteiger partial charge >= 0.3 is 6.55 Å². The molecule has 4 aromatic rings. The van der Waals surface area contributed by atoms with Gasteiger partial charge in [-0.1, -0.05) is 30.3 Å². The quantitative estimate of drug-likeness (QED) is 0.289. The fourth-order valence-corrected chi connectivity index (χ4v) is 4.38. The summed E-state index contributed by atoms with van der Waals surface area (Å²) in [4.78, 5) is 8.14. The molecule has 1 aromatic carbocycles. The van der Waals surface area contributed by atoms with E-state index in [2.05, 4.69) is 15.1 Å². The van der Waals surface area contributed by atoms with Gasteiger partial charge in [0.25, 0.3) is 5.16 Å².